The number of aromatic nitrogens is 1. The van der Waals surface area contributed by atoms with E-state index in [0.29, 0.717) is 22.5 Å². The number of halogens is 1. The molecule has 0 aliphatic rings. The lowest BCUT2D eigenvalue weighted by Gasteiger charge is -2.09. The predicted octanol–water partition coefficient (Wildman–Crippen LogP) is 3.63. The molecule has 4 heteroatoms. The van der Waals surface area contributed by atoms with Crippen molar-refractivity contribution < 1.29 is 8.81 Å². The number of hydrogen-bond donors (Lipinski definition) is 1. The Balaban J connectivity index is 2.02. The number of furan rings is 1. The van der Waals surface area contributed by atoms with Gasteiger partial charge in [0.25, 0.3) is 0 Å². The number of nitrogens with two attached hydrogens (primary N) is 1. The molecule has 0 aliphatic carbocycles. The van der Waals surface area contributed by atoms with Crippen LogP contribution in [-0.4, -0.2) is 4.98 Å². The zero-order valence-corrected chi connectivity index (χ0v) is 11.4. The smallest absolute Gasteiger partial charge is 0.152 e. The van der Waals surface area contributed by atoms with E-state index in [1.165, 1.54) is 6.07 Å². The number of nitrogens with zero attached hydrogens (tertiary/aromatic N) is 1. The highest BCUT2D eigenvalue weighted by Crippen LogP contribution is 2.26. The topological polar surface area (TPSA) is 52.0 Å². The van der Waals surface area contributed by atoms with Crippen LogP contribution in [0.2, 0.25) is 0 Å². The SMILES string of the molecule is Cc1ccc2oc(C(N)c3ccc(C)c(F)c3)cc2n1. The van der Waals surface area contributed by atoms with Crippen molar-refractivity contribution in [2.45, 2.75) is 19.9 Å². The first-order chi connectivity index (χ1) is 9.54. The molecule has 2 aromatic heterocycles. The summed E-state index contributed by atoms with van der Waals surface area (Å²) in [5.74, 6) is 0.324. The summed E-state index contributed by atoms with van der Waals surface area (Å²) in [6, 6.07) is 10.0. The second-order valence-electron chi connectivity index (χ2n) is 4.97. The van der Waals surface area contributed by atoms with Gasteiger partial charge in [-0.1, -0.05) is 12.1 Å². The first-order valence-corrected chi connectivity index (χ1v) is 6.43. The van der Waals surface area contributed by atoms with Gasteiger partial charge in [0.1, 0.15) is 17.1 Å². The van der Waals surface area contributed by atoms with Gasteiger partial charge in [-0.05, 0) is 43.2 Å². The van der Waals surface area contributed by atoms with Crippen molar-refractivity contribution in [2.75, 3.05) is 0 Å². The molecule has 0 aliphatic heterocycles. The normalized spacial score (nSPS) is 12.8. The fourth-order valence-electron chi connectivity index (χ4n) is 2.17. The summed E-state index contributed by atoms with van der Waals surface area (Å²) in [4.78, 5) is 4.38. The summed E-state index contributed by atoms with van der Waals surface area (Å²) in [7, 11) is 0. The Labute approximate surface area is 116 Å². The molecule has 3 aromatic rings. The Morgan fingerprint density at radius 3 is 2.70 bits per heavy atom. The third kappa shape index (κ3) is 2.18. The second kappa shape index (κ2) is 4.72. The minimum atomic E-state index is -0.500. The van der Waals surface area contributed by atoms with E-state index in [0.717, 1.165) is 11.2 Å². The molecule has 0 saturated heterocycles. The van der Waals surface area contributed by atoms with Crippen molar-refractivity contribution >= 4 is 11.1 Å². The van der Waals surface area contributed by atoms with Gasteiger partial charge in [-0.3, -0.25) is 0 Å². The van der Waals surface area contributed by atoms with Crippen LogP contribution >= 0.6 is 0 Å². The minimum absolute atomic E-state index is 0.261. The molecular weight excluding hydrogens is 255 g/mol. The molecule has 1 aromatic carbocycles. The fraction of sp³-hybridized carbons (Fsp3) is 0.188. The average Bonchev–Trinajstić information content (AvgIpc) is 2.84. The van der Waals surface area contributed by atoms with E-state index in [-0.39, 0.29) is 5.82 Å². The number of hydrogen-bond acceptors (Lipinski definition) is 3. The maximum absolute atomic E-state index is 13.6. The van der Waals surface area contributed by atoms with Crippen LogP contribution in [-0.2, 0) is 0 Å². The highest BCUT2D eigenvalue weighted by Gasteiger charge is 2.16. The van der Waals surface area contributed by atoms with Crippen LogP contribution < -0.4 is 5.73 Å². The monoisotopic (exact) mass is 270 g/mol. The maximum Gasteiger partial charge on any atom is 0.152 e. The molecule has 0 fully saturated rings. The molecule has 2 N–H and O–H groups in total. The van der Waals surface area contributed by atoms with E-state index < -0.39 is 6.04 Å². The van der Waals surface area contributed by atoms with Gasteiger partial charge in [0.2, 0.25) is 0 Å². The molecular formula is C16H15FN2O. The van der Waals surface area contributed by atoms with Crippen LogP contribution in [0.3, 0.4) is 0 Å². The average molecular weight is 270 g/mol. The molecule has 3 nitrogen and oxygen atoms in total. The maximum atomic E-state index is 13.6. The summed E-state index contributed by atoms with van der Waals surface area (Å²) >= 11 is 0. The van der Waals surface area contributed by atoms with Gasteiger partial charge < -0.3 is 10.2 Å². The molecule has 1 unspecified atom stereocenters. The molecule has 20 heavy (non-hydrogen) atoms. The third-order valence-electron chi connectivity index (χ3n) is 3.39. The summed E-state index contributed by atoms with van der Waals surface area (Å²) < 4.78 is 19.3. The van der Waals surface area contributed by atoms with Crippen molar-refractivity contribution in [2.24, 2.45) is 5.73 Å². The number of aryl methyl sites for hydroxylation is 2. The lowest BCUT2D eigenvalue weighted by molar-refractivity contribution is 0.523. The molecule has 3 rings (SSSR count). The molecule has 0 radical (unpaired) electrons. The van der Waals surface area contributed by atoms with E-state index in [4.69, 9.17) is 10.2 Å². The van der Waals surface area contributed by atoms with Crippen molar-refractivity contribution in [3.63, 3.8) is 0 Å². The number of rotatable bonds is 2. The van der Waals surface area contributed by atoms with Crippen molar-refractivity contribution in [3.05, 3.63) is 64.8 Å². The predicted molar refractivity (Wildman–Crippen MR) is 75.9 cm³/mol. The van der Waals surface area contributed by atoms with E-state index in [1.807, 2.05) is 31.2 Å². The zero-order chi connectivity index (χ0) is 14.3. The quantitative estimate of drug-likeness (QED) is 0.773. The number of fused-ring (bicyclic) bond motifs is 1. The third-order valence-corrected chi connectivity index (χ3v) is 3.39. The number of benzene rings is 1. The summed E-state index contributed by atoms with van der Waals surface area (Å²) in [6.07, 6.45) is 0. The Bertz CT molecular complexity index is 779. The Hall–Kier alpha value is -2.20. The van der Waals surface area contributed by atoms with E-state index in [9.17, 15) is 4.39 Å². The van der Waals surface area contributed by atoms with E-state index in [2.05, 4.69) is 4.98 Å². The van der Waals surface area contributed by atoms with Gasteiger partial charge in [-0.25, -0.2) is 9.37 Å². The molecule has 1 atom stereocenters. The van der Waals surface area contributed by atoms with Crippen LogP contribution in [0.5, 0.6) is 0 Å². The molecule has 2 heterocycles. The van der Waals surface area contributed by atoms with Gasteiger partial charge in [-0.15, -0.1) is 0 Å². The van der Waals surface area contributed by atoms with Crippen LogP contribution in [0.25, 0.3) is 11.1 Å². The summed E-state index contributed by atoms with van der Waals surface area (Å²) in [5.41, 5.74) is 9.80. The Morgan fingerprint density at radius 2 is 1.95 bits per heavy atom. The summed E-state index contributed by atoms with van der Waals surface area (Å²) in [5, 5.41) is 0. The lowest BCUT2D eigenvalue weighted by Crippen LogP contribution is -2.11. The van der Waals surface area contributed by atoms with Crippen LogP contribution in [0, 0.1) is 19.7 Å². The first-order valence-electron chi connectivity index (χ1n) is 6.43. The molecule has 0 spiro atoms. The van der Waals surface area contributed by atoms with Gasteiger partial charge in [-0.2, -0.15) is 0 Å². The van der Waals surface area contributed by atoms with E-state index >= 15 is 0 Å². The van der Waals surface area contributed by atoms with Crippen molar-refractivity contribution in [1.29, 1.82) is 0 Å². The van der Waals surface area contributed by atoms with Crippen molar-refractivity contribution in [3.8, 4) is 0 Å². The lowest BCUT2D eigenvalue weighted by atomic mass is 10.0. The molecule has 0 bridgehead atoms. The van der Waals surface area contributed by atoms with Gasteiger partial charge >= 0.3 is 0 Å². The number of pyridine rings is 1. The van der Waals surface area contributed by atoms with Gasteiger partial charge in [0, 0.05) is 11.8 Å². The molecule has 0 saturated carbocycles. The van der Waals surface area contributed by atoms with Gasteiger partial charge in [0.15, 0.2) is 5.58 Å². The van der Waals surface area contributed by atoms with Crippen LogP contribution in [0.1, 0.15) is 28.6 Å². The zero-order valence-electron chi connectivity index (χ0n) is 11.4. The van der Waals surface area contributed by atoms with Gasteiger partial charge in [0.05, 0.1) is 6.04 Å². The fourth-order valence-corrected chi connectivity index (χ4v) is 2.17. The largest absolute Gasteiger partial charge is 0.457 e. The Morgan fingerprint density at radius 1 is 1.15 bits per heavy atom. The van der Waals surface area contributed by atoms with Crippen LogP contribution in [0.4, 0.5) is 4.39 Å². The first kappa shape index (κ1) is 12.8. The highest BCUT2D eigenvalue weighted by atomic mass is 19.1. The highest BCUT2D eigenvalue weighted by molar-refractivity contribution is 5.73. The van der Waals surface area contributed by atoms with Crippen molar-refractivity contribution in [1.82, 2.24) is 4.98 Å². The standard InChI is InChI=1S/C16H15FN2O/c1-9-3-5-11(7-12(9)17)16(18)15-8-13-14(20-15)6-4-10(2)19-13/h3-8,16H,18H2,1-2H3. The van der Waals surface area contributed by atoms with Crippen LogP contribution in [0.15, 0.2) is 40.8 Å². The molecule has 102 valence electrons. The molecule has 0 amide bonds. The Kier molecular flexibility index (Phi) is 3.03. The minimum Gasteiger partial charge on any atom is -0.457 e. The van der Waals surface area contributed by atoms with E-state index in [1.54, 1.807) is 13.0 Å². The second-order valence-corrected chi connectivity index (χ2v) is 4.97. The summed E-state index contributed by atoms with van der Waals surface area (Å²) in [6.45, 7) is 3.64.